The molecule has 0 bridgehead atoms. The maximum atomic E-state index is 6.19. The molecule has 0 fully saturated rings. The van der Waals surface area contributed by atoms with Crippen LogP contribution in [-0.2, 0) is 0 Å². The molecule has 1 aliphatic heterocycles. The van der Waals surface area contributed by atoms with Crippen molar-refractivity contribution in [3.8, 4) is 5.75 Å². The molecule has 0 aromatic heterocycles. The van der Waals surface area contributed by atoms with E-state index in [1.165, 1.54) is 5.56 Å². The molecule has 1 heterocycles. The van der Waals surface area contributed by atoms with Gasteiger partial charge in [-0.1, -0.05) is 32.9 Å². The smallest absolute Gasteiger partial charge is 0.137 e. The van der Waals surface area contributed by atoms with Gasteiger partial charge < -0.3 is 4.74 Å². The van der Waals surface area contributed by atoms with Crippen LogP contribution in [0.15, 0.2) is 22.7 Å². The van der Waals surface area contributed by atoms with Gasteiger partial charge in [-0.25, -0.2) is 0 Å². The molecule has 0 spiro atoms. The quantitative estimate of drug-likeness (QED) is 0.667. The van der Waals surface area contributed by atoms with Crippen molar-refractivity contribution >= 4 is 15.9 Å². The maximum absolute atomic E-state index is 6.19. The Bertz CT molecular complexity index is 421. The SMILES string of the molecule is CC1c2cccc(Br)c2OC(C)(C)C1(C)C. The van der Waals surface area contributed by atoms with Gasteiger partial charge in [-0.3, -0.25) is 0 Å². The van der Waals surface area contributed by atoms with E-state index in [1.54, 1.807) is 0 Å². The van der Waals surface area contributed by atoms with Crippen molar-refractivity contribution in [3.63, 3.8) is 0 Å². The van der Waals surface area contributed by atoms with Crippen LogP contribution in [0.5, 0.6) is 5.75 Å². The molecule has 0 radical (unpaired) electrons. The fraction of sp³-hybridized carbons (Fsp3) is 0.571. The van der Waals surface area contributed by atoms with E-state index in [0.29, 0.717) is 5.92 Å². The summed E-state index contributed by atoms with van der Waals surface area (Å²) in [6, 6.07) is 6.29. The Kier molecular flexibility index (Phi) is 2.61. The van der Waals surface area contributed by atoms with Crippen LogP contribution in [0.4, 0.5) is 0 Å². The fourth-order valence-electron chi connectivity index (χ4n) is 2.27. The van der Waals surface area contributed by atoms with Crippen molar-refractivity contribution < 1.29 is 4.74 Å². The van der Waals surface area contributed by atoms with Gasteiger partial charge in [0.15, 0.2) is 0 Å². The zero-order chi connectivity index (χ0) is 12.1. The van der Waals surface area contributed by atoms with Crippen LogP contribution in [0, 0.1) is 5.41 Å². The minimum Gasteiger partial charge on any atom is -0.486 e. The number of halogens is 1. The van der Waals surface area contributed by atoms with Crippen LogP contribution < -0.4 is 4.74 Å². The summed E-state index contributed by atoms with van der Waals surface area (Å²) in [5, 5.41) is 0. The molecule has 0 amide bonds. The Morgan fingerprint density at radius 1 is 1.19 bits per heavy atom. The summed E-state index contributed by atoms with van der Waals surface area (Å²) in [7, 11) is 0. The number of rotatable bonds is 0. The third-order valence-electron chi connectivity index (χ3n) is 4.46. The molecule has 1 aromatic rings. The average molecular weight is 283 g/mol. The lowest BCUT2D eigenvalue weighted by molar-refractivity contribution is -0.0437. The van der Waals surface area contributed by atoms with Crippen molar-refractivity contribution in [2.45, 2.75) is 46.1 Å². The molecule has 1 nitrogen and oxygen atoms in total. The third-order valence-corrected chi connectivity index (χ3v) is 5.08. The van der Waals surface area contributed by atoms with Gasteiger partial charge in [0.2, 0.25) is 0 Å². The first-order valence-corrected chi connectivity index (χ1v) is 6.54. The zero-order valence-electron chi connectivity index (χ0n) is 10.6. The summed E-state index contributed by atoms with van der Waals surface area (Å²) < 4.78 is 7.24. The molecule has 2 rings (SSSR count). The lowest BCUT2D eigenvalue weighted by Crippen LogP contribution is -2.50. The molecule has 88 valence electrons. The Morgan fingerprint density at radius 2 is 1.81 bits per heavy atom. The normalized spacial score (nSPS) is 25.8. The van der Waals surface area contributed by atoms with Crippen LogP contribution in [0.3, 0.4) is 0 Å². The van der Waals surface area contributed by atoms with Crippen LogP contribution in [-0.4, -0.2) is 5.60 Å². The molecule has 1 aromatic carbocycles. The highest BCUT2D eigenvalue weighted by Crippen LogP contribution is 2.54. The predicted octanol–water partition coefficient (Wildman–Crippen LogP) is 4.75. The van der Waals surface area contributed by atoms with Crippen LogP contribution in [0.1, 0.15) is 46.1 Å². The second kappa shape index (κ2) is 3.49. The zero-order valence-corrected chi connectivity index (χ0v) is 12.2. The number of fused-ring (bicyclic) bond motifs is 1. The molecule has 0 saturated carbocycles. The van der Waals surface area contributed by atoms with Gasteiger partial charge in [0.05, 0.1) is 4.47 Å². The number of ether oxygens (including phenoxy) is 1. The van der Waals surface area contributed by atoms with Gasteiger partial charge in [0.25, 0.3) is 0 Å². The second-order valence-electron chi connectivity index (χ2n) is 5.71. The van der Waals surface area contributed by atoms with E-state index in [1.807, 2.05) is 6.07 Å². The van der Waals surface area contributed by atoms with Crippen molar-refractivity contribution in [1.82, 2.24) is 0 Å². The molecule has 2 heteroatoms. The summed E-state index contributed by atoms with van der Waals surface area (Å²) in [6.45, 7) is 11.2. The first kappa shape index (κ1) is 12.0. The van der Waals surface area contributed by atoms with Gasteiger partial charge in [0, 0.05) is 5.41 Å². The fourth-order valence-corrected chi connectivity index (χ4v) is 2.73. The van der Waals surface area contributed by atoms with E-state index in [9.17, 15) is 0 Å². The summed E-state index contributed by atoms with van der Waals surface area (Å²) in [6.07, 6.45) is 0. The molecule has 16 heavy (non-hydrogen) atoms. The summed E-state index contributed by atoms with van der Waals surface area (Å²) in [5.41, 5.74) is 1.28. The highest BCUT2D eigenvalue weighted by Gasteiger charge is 2.48. The molecule has 0 aliphatic carbocycles. The first-order valence-electron chi connectivity index (χ1n) is 5.75. The molecule has 1 aliphatic rings. The van der Waals surface area contributed by atoms with E-state index < -0.39 is 0 Å². The Morgan fingerprint density at radius 3 is 2.44 bits per heavy atom. The van der Waals surface area contributed by atoms with Crippen LogP contribution >= 0.6 is 15.9 Å². The lowest BCUT2D eigenvalue weighted by Gasteiger charge is -2.50. The first-order chi connectivity index (χ1) is 7.27. The third kappa shape index (κ3) is 1.50. The average Bonchev–Trinajstić information content (AvgIpc) is 2.18. The van der Waals surface area contributed by atoms with E-state index in [0.717, 1.165) is 10.2 Å². The van der Waals surface area contributed by atoms with Gasteiger partial charge >= 0.3 is 0 Å². The van der Waals surface area contributed by atoms with Crippen molar-refractivity contribution in [2.75, 3.05) is 0 Å². The van der Waals surface area contributed by atoms with Crippen molar-refractivity contribution in [1.29, 1.82) is 0 Å². The van der Waals surface area contributed by atoms with E-state index in [2.05, 4.69) is 62.7 Å². The standard InChI is InChI=1S/C14H19BrO/c1-9-10-7-6-8-11(15)12(10)16-14(4,5)13(9,2)3/h6-9H,1-5H3. The molecule has 0 saturated heterocycles. The van der Waals surface area contributed by atoms with E-state index in [4.69, 9.17) is 4.74 Å². The highest BCUT2D eigenvalue weighted by molar-refractivity contribution is 9.10. The minimum absolute atomic E-state index is 0.126. The molecule has 1 unspecified atom stereocenters. The number of hydrogen-bond donors (Lipinski definition) is 0. The van der Waals surface area contributed by atoms with Crippen LogP contribution in [0.25, 0.3) is 0 Å². The lowest BCUT2D eigenvalue weighted by atomic mass is 9.64. The molecule has 0 N–H and O–H groups in total. The summed E-state index contributed by atoms with van der Waals surface area (Å²) >= 11 is 3.57. The van der Waals surface area contributed by atoms with Gasteiger partial charge in [0.1, 0.15) is 11.4 Å². The Hall–Kier alpha value is -0.500. The van der Waals surface area contributed by atoms with Gasteiger partial charge in [-0.15, -0.1) is 0 Å². The topological polar surface area (TPSA) is 9.23 Å². The Labute approximate surface area is 106 Å². The summed E-state index contributed by atoms with van der Waals surface area (Å²) in [5.74, 6) is 1.50. The molecular formula is C14H19BrO. The predicted molar refractivity (Wildman–Crippen MR) is 71.0 cm³/mol. The van der Waals surface area contributed by atoms with Gasteiger partial charge in [-0.05, 0) is 47.3 Å². The molecular weight excluding hydrogens is 264 g/mol. The van der Waals surface area contributed by atoms with Gasteiger partial charge in [-0.2, -0.15) is 0 Å². The number of hydrogen-bond acceptors (Lipinski definition) is 1. The minimum atomic E-state index is -0.150. The number of benzene rings is 1. The van der Waals surface area contributed by atoms with Crippen molar-refractivity contribution in [2.24, 2.45) is 5.41 Å². The van der Waals surface area contributed by atoms with E-state index >= 15 is 0 Å². The largest absolute Gasteiger partial charge is 0.486 e. The monoisotopic (exact) mass is 282 g/mol. The highest BCUT2D eigenvalue weighted by atomic mass is 79.9. The van der Waals surface area contributed by atoms with Crippen molar-refractivity contribution in [3.05, 3.63) is 28.2 Å². The maximum Gasteiger partial charge on any atom is 0.137 e. The van der Waals surface area contributed by atoms with E-state index in [-0.39, 0.29) is 11.0 Å². The van der Waals surface area contributed by atoms with Crippen LogP contribution in [0.2, 0.25) is 0 Å². The summed E-state index contributed by atoms with van der Waals surface area (Å²) in [4.78, 5) is 0. The second-order valence-corrected chi connectivity index (χ2v) is 6.57. The number of para-hydroxylation sites is 1. The Balaban J connectivity index is 2.62. The molecule has 1 atom stereocenters.